The number of nitrogens with two attached hydrogens (primary N) is 1. The molecule has 6 rings (SSSR count). The molecular formula is C31H34N7O+. The molecule has 2 aliphatic carbocycles. The summed E-state index contributed by atoms with van der Waals surface area (Å²) in [6.07, 6.45) is 7.85. The lowest BCUT2D eigenvalue weighted by Crippen LogP contribution is -2.74. The highest BCUT2D eigenvalue weighted by molar-refractivity contribution is 6.07. The van der Waals surface area contributed by atoms with E-state index in [4.69, 9.17) is 5.73 Å². The lowest BCUT2D eigenvalue weighted by molar-refractivity contribution is -0.474. The summed E-state index contributed by atoms with van der Waals surface area (Å²) in [5.41, 5.74) is 10.9. The molecule has 2 aliphatic rings. The number of pyridine rings is 1. The molecule has 1 atom stereocenters. The van der Waals surface area contributed by atoms with Crippen molar-refractivity contribution in [3.8, 4) is 11.3 Å². The second kappa shape index (κ2) is 10.4. The first-order chi connectivity index (χ1) is 19.0. The molecule has 2 fully saturated rings. The summed E-state index contributed by atoms with van der Waals surface area (Å²) in [5, 5.41) is 6.92. The van der Waals surface area contributed by atoms with Crippen molar-refractivity contribution >= 4 is 23.3 Å². The minimum atomic E-state index is -0.204. The zero-order valence-corrected chi connectivity index (χ0v) is 22.2. The lowest BCUT2D eigenvalue weighted by Gasteiger charge is -2.22. The molecule has 2 aromatic carbocycles. The van der Waals surface area contributed by atoms with Gasteiger partial charge in [0.05, 0.1) is 5.69 Å². The Morgan fingerprint density at radius 2 is 1.82 bits per heavy atom. The summed E-state index contributed by atoms with van der Waals surface area (Å²) in [6.45, 7) is 0.491. The largest absolute Gasteiger partial charge is 0.383 e. The van der Waals surface area contributed by atoms with Gasteiger partial charge in [0.15, 0.2) is 5.56 Å². The highest BCUT2D eigenvalue weighted by Gasteiger charge is 2.52. The van der Waals surface area contributed by atoms with E-state index in [-0.39, 0.29) is 11.4 Å². The first-order valence-corrected chi connectivity index (χ1v) is 13.6. The Kier molecular flexibility index (Phi) is 6.60. The third kappa shape index (κ3) is 5.14. The quantitative estimate of drug-likeness (QED) is 0.220. The number of aromatic nitrogens is 3. The summed E-state index contributed by atoms with van der Waals surface area (Å²) < 4.78 is 1.58. The van der Waals surface area contributed by atoms with Crippen LogP contribution in [-0.2, 0) is 13.6 Å². The molecule has 0 saturated heterocycles. The zero-order valence-electron chi connectivity index (χ0n) is 22.2. The van der Waals surface area contributed by atoms with Gasteiger partial charge in [-0.25, -0.2) is 5.32 Å². The first kappa shape index (κ1) is 24.9. The van der Waals surface area contributed by atoms with Gasteiger partial charge in [-0.3, -0.25) is 19.3 Å². The Labute approximate surface area is 228 Å². The van der Waals surface area contributed by atoms with E-state index in [1.807, 2.05) is 48.5 Å². The zero-order chi connectivity index (χ0) is 26.8. The van der Waals surface area contributed by atoms with Crippen LogP contribution >= 0.6 is 0 Å². The van der Waals surface area contributed by atoms with Gasteiger partial charge in [0, 0.05) is 24.8 Å². The smallest absolute Gasteiger partial charge is 0.289 e. The molecule has 0 unspecified atom stereocenters. The van der Waals surface area contributed by atoms with Gasteiger partial charge in [0.1, 0.15) is 18.1 Å². The summed E-state index contributed by atoms with van der Waals surface area (Å²) >= 11 is 0. The maximum absolute atomic E-state index is 13.7. The van der Waals surface area contributed by atoms with Crippen molar-refractivity contribution in [1.82, 2.24) is 14.5 Å². The maximum atomic E-state index is 13.7. The van der Waals surface area contributed by atoms with Crippen LogP contribution < -0.4 is 26.9 Å². The molecular weight excluding hydrogens is 486 g/mol. The molecule has 2 aromatic heterocycles. The van der Waals surface area contributed by atoms with Crippen molar-refractivity contribution < 1.29 is 4.99 Å². The summed E-state index contributed by atoms with van der Waals surface area (Å²) in [7, 11) is 1.76. The van der Waals surface area contributed by atoms with E-state index in [1.54, 1.807) is 17.8 Å². The van der Waals surface area contributed by atoms with E-state index in [0.29, 0.717) is 35.3 Å². The molecule has 0 bridgehead atoms. The molecule has 8 nitrogen and oxygen atoms in total. The Hall–Kier alpha value is -4.46. The SMILES string of the molecule is Cn1c(N[C@@H]2CCCC23CC3)nc(N)c(C(Nc2ccccc2)=[NH+]Cc2ccc(-c3ccccn3)cc2)c1=O. The van der Waals surface area contributed by atoms with E-state index in [9.17, 15) is 4.79 Å². The van der Waals surface area contributed by atoms with Crippen LogP contribution in [0.4, 0.5) is 17.5 Å². The number of nitrogens with one attached hydrogen (secondary N) is 3. The minimum Gasteiger partial charge on any atom is -0.383 e. The second-order valence-electron chi connectivity index (χ2n) is 10.6. The van der Waals surface area contributed by atoms with Crippen LogP contribution in [-0.4, -0.2) is 26.4 Å². The number of amidine groups is 1. The normalized spacial score (nSPS) is 17.8. The fourth-order valence-corrected chi connectivity index (χ4v) is 5.64. The fraction of sp³-hybridized carbons (Fsp3) is 0.290. The maximum Gasteiger partial charge on any atom is 0.289 e. The molecule has 4 aromatic rings. The van der Waals surface area contributed by atoms with Crippen molar-refractivity contribution in [3.05, 3.63) is 100 Å². The Balaban J connectivity index is 1.31. The van der Waals surface area contributed by atoms with E-state index in [1.165, 1.54) is 25.7 Å². The molecule has 0 aliphatic heterocycles. The summed E-state index contributed by atoms with van der Waals surface area (Å²) in [5.74, 6) is 1.25. The van der Waals surface area contributed by atoms with Crippen LogP contribution in [0.2, 0.25) is 0 Å². The summed E-state index contributed by atoms with van der Waals surface area (Å²) in [6, 6.07) is 24.2. The van der Waals surface area contributed by atoms with Crippen molar-refractivity contribution in [2.75, 3.05) is 16.4 Å². The third-order valence-corrected chi connectivity index (χ3v) is 8.10. The number of benzene rings is 2. The standard InChI is InChI=1S/C31H33N7O/c1-38-29(39)26(27(32)37-30(38)36-25-11-7-16-31(25)17-18-31)28(35-23-8-3-2-4-9-23)34-20-21-12-14-22(15-13-21)24-10-5-6-19-33-24/h2-6,8-10,12-15,19,25H,7,11,16-18,20,32H2,1H3,(H,34,35)(H,36,37)/p+1/t25-/m1/s1. The van der Waals surface area contributed by atoms with E-state index in [2.05, 4.69) is 49.9 Å². The van der Waals surface area contributed by atoms with Gasteiger partial charge in [-0.15, -0.1) is 0 Å². The number of nitrogen functional groups attached to an aromatic ring is 1. The van der Waals surface area contributed by atoms with Crippen molar-refractivity contribution in [1.29, 1.82) is 0 Å². The second-order valence-corrected chi connectivity index (χ2v) is 10.6. The van der Waals surface area contributed by atoms with E-state index >= 15 is 0 Å². The molecule has 198 valence electrons. The Bertz CT molecular complexity index is 1540. The highest BCUT2D eigenvalue weighted by Crippen LogP contribution is 2.58. The molecule has 8 heteroatoms. The number of rotatable bonds is 7. The molecule has 5 N–H and O–H groups in total. The third-order valence-electron chi connectivity index (χ3n) is 8.10. The molecule has 1 spiro atoms. The van der Waals surface area contributed by atoms with Crippen LogP contribution in [0.1, 0.15) is 43.2 Å². The topological polar surface area (TPSA) is 112 Å². The van der Waals surface area contributed by atoms with E-state index in [0.717, 1.165) is 28.9 Å². The molecule has 39 heavy (non-hydrogen) atoms. The molecule has 2 heterocycles. The van der Waals surface area contributed by atoms with Gasteiger partial charge in [0.2, 0.25) is 5.95 Å². The number of anilines is 3. The average molecular weight is 521 g/mol. The molecule has 2 saturated carbocycles. The van der Waals surface area contributed by atoms with Crippen LogP contribution in [0.25, 0.3) is 11.3 Å². The van der Waals surface area contributed by atoms with E-state index < -0.39 is 0 Å². The lowest BCUT2D eigenvalue weighted by atomic mass is 10.0. The van der Waals surface area contributed by atoms with Crippen molar-refractivity contribution in [2.45, 2.75) is 44.7 Å². The van der Waals surface area contributed by atoms with Gasteiger partial charge < -0.3 is 11.1 Å². The van der Waals surface area contributed by atoms with Gasteiger partial charge in [-0.1, -0.05) is 55.0 Å². The average Bonchev–Trinajstić information content (AvgIpc) is 3.65. The Morgan fingerprint density at radius 1 is 1.05 bits per heavy atom. The van der Waals surface area contributed by atoms with Gasteiger partial charge in [-0.2, -0.15) is 4.98 Å². The van der Waals surface area contributed by atoms with Crippen LogP contribution in [0.5, 0.6) is 0 Å². The number of nitrogens with zero attached hydrogens (tertiary/aromatic N) is 3. The van der Waals surface area contributed by atoms with Crippen LogP contribution in [0.15, 0.2) is 83.8 Å². The molecule has 0 amide bonds. The Morgan fingerprint density at radius 3 is 2.54 bits per heavy atom. The number of para-hydroxylation sites is 1. The first-order valence-electron chi connectivity index (χ1n) is 13.6. The van der Waals surface area contributed by atoms with Crippen LogP contribution in [0.3, 0.4) is 0 Å². The number of hydrogen-bond donors (Lipinski definition) is 4. The fourth-order valence-electron chi connectivity index (χ4n) is 5.64. The predicted octanol–water partition coefficient (Wildman–Crippen LogP) is 3.31. The van der Waals surface area contributed by atoms with Gasteiger partial charge >= 0.3 is 0 Å². The molecule has 0 radical (unpaired) electrons. The number of hydrogen-bond acceptors (Lipinski definition) is 5. The summed E-state index contributed by atoms with van der Waals surface area (Å²) in [4.78, 5) is 26.2. The monoisotopic (exact) mass is 520 g/mol. The predicted molar refractivity (Wildman–Crippen MR) is 155 cm³/mol. The van der Waals surface area contributed by atoms with Gasteiger partial charge in [-0.05, 0) is 60.9 Å². The minimum absolute atomic E-state index is 0.194. The highest BCUT2D eigenvalue weighted by atomic mass is 16.1. The van der Waals surface area contributed by atoms with Gasteiger partial charge in [0.25, 0.3) is 11.4 Å². The van der Waals surface area contributed by atoms with Crippen LogP contribution in [0, 0.1) is 5.41 Å². The van der Waals surface area contributed by atoms with Crippen molar-refractivity contribution in [3.63, 3.8) is 0 Å². The van der Waals surface area contributed by atoms with Crippen molar-refractivity contribution in [2.24, 2.45) is 12.5 Å².